The molecule has 1 atom stereocenters. The average molecular weight is 577 g/mol. The van der Waals surface area contributed by atoms with Gasteiger partial charge in [0, 0.05) is 39.1 Å². The number of carbonyl (C=O) groups excluding carboxylic acids is 3. The van der Waals surface area contributed by atoms with Crippen molar-refractivity contribution in [3.63, 3.8) is 0 Å². The highest BCUT2D eigenvalue weighted by Crippen LogP contribution is 2.56. The summed E-state index contributed by atoms with van der Waals surface area (Å²) in [5.41, 5.74) is 7.15. The van der Waals surface area contributed by atoms with Crippen LogP contribution in [-0.4, -0.2) is 24.3 Å². The van der Waals surface area contributed by atoms with Crippen molar-refractivity contribution < 1.29 is 19.1 Å². The Morgan fingerprint density at radius 3 is 2.66 bits per heavy atom. The van der Waals surface area contributed by atoms with Crippen LogP contribution in [0.4, 0.5) is 11.4 Å². The molecule has 10 heteroatoms. The van der Waals surface area contributed by atoms with Crippen LogP contribution < -0.4 is 16.0 Å². The van der Waals surface area contributed by atoms with Crippen molar-refractivity contribution in [2.24, 2.45) is 5.73 Å². The molecule has 0 bridgehead atoms. The molecule has 0 aromatic heterocycles. The minimum absolute atomic E-state index is 0.00161. The van der Waals surface area contributed by atoms with E-state index in [1.165, 1.54) is 0 Å². The second-order valence-electron chi connectivity index (χ2n) is 8.41. The molecule has 0 radical (unpaired) electrons. The molecule has 5 rings (SSSR count). The summed E-state index contributed by atoms with van der Waals surface area (Å²) in [6, 6.07) is 10.2. The smallest absolute Gasteiger partial charge is 0.339 e. The summed E-state index contributed by atoms with van der Waals surface area (Å²) >= 11 is 15.9. The van der Waals surface area contributed by atoms with E-state index in [-0.39, 0.29) is 40.8 Å². The molecule has 2 heterocycles. The largest absolute Gasteiger partial charge is 0.462 e. The molecule has 1 aliphatic carbocycles. The molecule has 2 aromatic carbocycles. The summed E-state index contributed by atoms with van der Waals surface area (Å²) < 4.78 is 6.08. The zero-order chi connectivity index (χ0) is 25.1. The SMILES string of the molecule is CCOC(=O)C1=C(N)N(c2ccc(Cl)c(Cl)c2)C2=C(C(=O)CCC2)C12C(=O)Nc1ccc(Br)cc12. The number of amides is 1. The maximum atomic E-state index is 13.9. The van der Waals surface area contributed by atoms with Crippen molar-refractivity contribution in [3.05, 3.63) is 79.1 Å². The van der Waals surface area contributed by atoms with E-state index in [2.05, 4.69) is 21.2 Å². The van der Waals surface area contributed by atoms with E-state index in [0.29, 0.717) is 45.0 Å². The molecule has 3 aliphatic rings. The molecule has 2 aromatic rings. The maximum Gasteiger partial charge on any atom is 0.339 e. The van der Waals surface area contributed by atoms with Crippen LogP contribution in [0.3, 0.4) is 0 Å². The lowest BCUT2D eigenvalue weighted by molar-refractivity contribution is -0.140. The number of Topliss-reactive ketones (excluding diaryl/α,β-unsaturated/α-hetero) is 1. The van der Waals surface area contributed by atoms with Crippen LogP contribution in [0, 0.1) is 0 Å². The number of esters is 1. The summed E-state index contributed by atoms with van der Waals surface area (Å²) in [4.78, 5) is 42.6. The van der Waals surface area contributed by atoms with Gasteiger partial charge in [-0.2, -0.15) is 0 Å². The minimum Gasteiger partial charge on any atom is -0.462 e. The van der Waals surface area contributed by atoms with Gasteiger partial charge in [0.05, 0.1) is 16.7 Å². The van der Waals surface area contributed by atoms with E-state index in [4.69, 9.17) is 33.7 Å². The fourth-order valence-electron chi connectivity index (χ4n) is 5.20. The molecule has 7 nitrogen and oxygen atoms in total. The van der Waals surface area contributed by atoms with Crippen molar-refractivity contribution >= 4 is 68.2 Å². The number of allylic oxidation sites excluding steroid dienone is 1. The molecule has 0 saturated carbocycles. The second kappa shape index (κ2) is 8.69. The molecule has 3 N–H and O–H groups in total. The first kappa shape index (κ1) is 23.9. The van der Waals surface area contributed by atoms with E-state index in [0.717, 1.165) is 0 Å². The van der Waals surface area contributed by atoms with Crippen LogP contribution in [-0.2, 0) is 24.5 Å². The molecule has 1 amide bonds. The Morgan fingerprint density at radius 1 is 1.17 bits per heavy atom. The quantitative estimate of drug-likeness (QED) is 0.487. The lowest BCUT2D eigenvalue weighted by atomic mass is 9.63. The van der Waals surface area contributed by atoms with Crippen molar-refractivity contribution in [2.75, 3.05) is 16.8 Å². The number of nitrogens with two attached hydrogens (primary N) is 1. The van der Waals surface area contributed by atoms with Gasteiger partial charge in [0.25, 0.3) is 0 Å². The summed E-state index contributed by atoms with van der Waals surface area (Å²) in [6.45, 7) is 1.72. The molecule has 1 unspecified atom stereocenters. The fourth-order valence-corrected chi connectivity index (χ4v) is 5.85. The minimum atomic E-state index is -1.74. The number of rotatable bonds is 3. The Kier molecular flexibility index (Phi) is 5.94. The monoisotopic (exact) mass is 575 g/mol. The lowest BCUT2D eigenvalue weighted by Gasteiger charge is -2.44. The third-order valence-corrected chi connectivity index (χ3v) is 7.75. The number of halogens is 3. The summed E-state index contributed by atoms with van der Waals surface area (Å²) in [6.07, 6.45) is 1.28. The molecule has 1 spiro atoms. The van der Waals surface area contributed by atoms with E-state index in [1.807, 2.05) is 0 Å². The van der Waals surface area contributed by atoms with Gasteiger partial charge in [0.1, 0.15) is 16.8 Å². The summed E-state index contributed by atoms with van der Waals surface area (Å²) in [5, 5.41) is 3.49. The van der Waals surface area contributed by atoms with Crippen molar-refractivity contribution in [1.82, 2.24) is 0 Å². The van der Waals surface area contributed by atoms with E-state index in [1.54, 1.807) is 48.2 Å². The van der Waals surface area contributed by atoms with Crippen LogP contribution in [0.2, 0.25) is 10.0 Å². The van der Waals surface area contributed by atoms with Gasteiger partial charge in [-0.25, -0.2) is 4.79 Å². The molecule has 0 fully saturated rings. The van der Waals surface area contributed by atoms with Crippen LogP contribution in [0.25, 0.3) is 0 Å². The number of nitrogens with zero attached hydrogens (tertiary/aromatic N) is 1. The number of fused-ring (bicyclic) bond motifs is 3. The Hall–Kier alpha value is -2.81. The van der Waals surface area contributed by atoms with Crippen molar-refractivity contribution in [3.8, 4) is 0 Å². The molecule has 180 valence electrons. The predicted molar refractivity (Wildman–Crippen MR) is 137 cm³/mol. The third kappa shape index (κ3) is 3.42. The number of ether oxygens (including phenoxy) is 1. The second-order valence-corrected chi connectivity index (χ2v) is 10.1. The Morgan fingerprint density at radius 2 is 1.94 bits per heavy atom. The Bertz CT molecular complexity index is 1390. The van der Waals surface area contributed by atoms with E-state index in [9.17, 15) is 14.4 Å². The van der Waals surface area contributed by atoms with Gasteiger partial charge >= 0.3 is 5.97 Å². The zero-order valence-electron chi connectivity index (χ0n) is 18.6. The van der Waals surface area contributed by atoms with Gasteiger partial charge in [0.2, 0.25) is 5.91 Å². The average Bonchev–Trinajstić information content (AvgIpc) is 3.08. The highest BCUT2D eigenvalue weighted by molar-refractivity contribution is 9.10. The number of anilines is 2. The first-order valence-electron chi connectivity index (χ1n) is 11.0. The highest BCUT2D eigenvalue weighted by Gasteiger charge is 2.62. The van der Waals surface area contributed by atoms with Crippen LogP contribution in [0.1, 0.15) is 31.7 Å². The first-order valence-corrected chi connectivity index (χ1v) is 12.6. The molecule has 35 heavy (non-hydrogen) atoms. The van der Waals surface area contributed by atoms with Gasteiger partial charge in [-0.3, -0.25) is 14.5 Å². The number of carbonyl (C=O) groups is 3. The number of hydrogen-bond donors (Lipinski definition) is 2. The van der Waals surface area contributed by atoms with Crippen LogP contribution >= 0.6 is 39.1 Å². The van der Waals surface area contributed by atoms with Crippen LogP contribution in [0.5, 0.6) is 0 Å². The third-order valence-electron chi connectivity index (χ3n) is 6.52. The van der Waals surface area contributed by atoms with E-state index >= 15 is 0 Å². The number of benzene rings is 2. The van der Waals surface area contributed by atoms with Crippen molar-refractivity contribution in [2.45, 2.75) is 31.6 Å². The number of ketones is 1. The number of nitrogens with one attached hydrogen (secondary N) is 1. The summed E-state index contributed by atoms with van der Waals surface area (Å²) in [7, 11) is 0. The van der Waals surface area contributed by atoms with Gasteiger partial charge in [-0.15, -0.1) is 0 Å². The van der Waals surface area contributed by atoms with Gasteiger partial charge in [0.15, 0.2) is 5.78 Å². The van der Waals surface area contributed by atoms with Crippen LogP contribution in [0.15, 0.2) is 63.5 Å². The normalized spacial score (nSPS) is 21.3. The zero-order valence-corrected chi connectivity index (χ0v) is 21.7. The first-order chi connectivity index (χ1) is 16.7. The molecular formula is C25H20BrCl2N3O4. The molecule has 0 saturated heterocycles. The Labute approximate surface area is 220 Å². The fraction of sp³-hybridized carbons (Fsp3) is 0.240. The highest BCUT2D eigenvalue weighted by atomic mass is 79.9. The lowest BCUT2D eigenvalue weighted by Crippen LogP contribution is -2.53. The number of hydrogen-bond acceptors (Lipinski definition) is 6. The van der Waals surface area contributed by atoms with Gasteiger partial charge in [-0.05, 0) is 56.2 Å². The maximum absolute atomic E-state index is 13.9. The Balaban J connectivity index is 1.90. The topological polar surface area (TPSA) is 102 Å². The van der Waals surface area contributed by atoms with Crippen molar-refractivity contribution in [1.29, 1.82) is 0 Å². The van der Waals surface area contributed by atoms with Gasteiger partial charge in [-0.1, -0.05) is 39.1 Å². The van der Waals surface area contributed by atoms with E-state index < -0.39 is 17.3 Å². The predicted octanol–water partition coefficient (Wildman–Crippen LogP) is 5.21. The molecule has 2 aliphatic heterocycles. The standard InChI is InChI=1S/C25H20BrCl2N3O4/c1-2-35-23(33)21-22(29)31(13-7-8-15(27)16(28)11-13)18-4-3-5-19(32)20(18)25(21)14-10-12(26)6-9-17(14)30-24(25)34/h6-11H,2-5,29H2,1H3,(H,30,34). The summed E-state index contributed by atoms with van der Waals surface area (Å²) in [5.74, 6) is -1.53. The molecular weight excluding hydrogens is 557 g/mol. The van der Waals surface area contributed by atoms with Gasteiger partial charge < -0.3 is 15.8 Å².